The molecule has 0 spiro atoms. The molecule has 160 valence electrons. The zero-order valence-corrected chi connectivity index (χ0v) is 17.4. The number of hydrogen-bond acceptors (Lipinski definition) is 5. The van der Waals surface area contributed by atoms with Crippen molar-refractivity contribution in [3.8, 4) is 5.75 Å². The molecule has 2 aliphatic rings. The van der Waals surface area contributed by atoms with Crippen LogP contribution in [0.5, 0.6) is 5.75 Å². The number of phenolic OH excluding ortho intramolecular Hbond substituents is 1. The minimum atomic E-state index is -0.223. The molecule has 0 bridgehead atoms. The average molecular weight is 413 g/mol. The highest BCUT2D eigenvalue weighted by molar-refractivity contribution is 5.82. The molecule has 4 rings (SSSR count). The van der Waals surface area contributed by atoms with E-state index in [1.54, 1.807) is 6.07 Å². The van der Waals surface area contributed by atoms with Crippen molar-refractivity contribution in [2.24, 2.45) is 0 Å². The van der Waals surface area contributed by atoms with Crippen LogP contribution in [0.2, 0.25) is 0 Å². The molecule has 0 saturated carbocycles. The third-order valence-corrected chi connectivity index (χ3v) is 6.22. The summed E-state index contributed by atoms with van der Waals surface area (Å²) < 4.78 is 13.1. The van der Waals surface area contributed by atoms with E-state index in [2.05, 4.69) is 14.7 Å². The lowest BCUT2D eigenvalue weighted by Gasteiger charge is -2.42. The number of carbonyl (C=O) groups excluding carboxylic acids is 1. The fraction of sp³-hybridized carbons (Fsp3) is 0.435. The third-order valence-electron chi connectivity index (χ3n) is 6.22. The molecule has 1 unspecified atom stereocenters. The topological polar surface area (TPSA) is 50.3 Å². The van der Waals surface area contributed by atoms with Crippen molar-refractivity contribution in [2.45, 2.75) is 13.0 Å². The number of carbonyl (C=O) groups is 1. The van der Waals surface area contributed by atoms with Crippen LogP contribution in [0.25, 0.3) is 0 Å². The summed E-state index contributed by atoms with van der Waals surface area (Å²) in [6.45, 7) is 8.01. The van der Waals surface area contributed by atoms with Crippen LogP contribution in [0.3, 0.4) is 0 Å². The average Bonchev–Trinajstić information content (AvgIpc) is 2.79. The summed E-state index contributed by atoms with van der Waals surface area (Å²) in [5.41, 5.74) is 1.85. The van der Waals surface area contributed by atoms with Crippen LogP contribution >= 0.6 is 0 Å². The van der Waals surface area contributed by atoms with Crippen molar-refractivity contribution in [3.63, 3.8) is 0 Å². The molecule has 2 aromatic carbocycles. The molecule has 2 heterocycles. The van der Waals surface area contributed by atoms with Crippen molar-refractivity contribution >= 4 is 17.3 Å². The SMILES string of the molecule is CC(C(=O)N1CCN(c2ccccc2O)CC1)N1CCN(c2ccc(F)cc2)CC1. The molecule has 2 fully saturated rings. The second-order valence-electron chi connectivity index (χ2n) is 7.98. The van der Waals surface area contributed by atoms with Crippen molar-refractivity contribution in [3.05, 3.63) is 54.3 Å². The number of halogens is 1. The summed E-state index contributed by atoms with van der Waals surface area (Å²) in [4.78, 5) is 21.6. The highest BCUT2D eigenvalue weighted by atomic mass is 19.1. The van der Waals surface area contributed by atoms with E-state index in [9.17, 15) is 14.3 Å². The first-order chi connectivity index (χ1) is 14.5. The van der Waals surface area contributed by atoms with Gasteiger partial charge >= 0.3 is 0 Å². The number of piperazine rings is 2. The maximum atomic E-state index is 13.1. The maximum absolute atomic E-state index is 13.1. The Kier molecular flexibility index (Phi) is 6.08. The van der Waals surface area contributed by atoms with Gasteiger partial charge in [0, 0.05) is 58.0 Å². The summed E-state index contributed by atoms with van der Waals surface area (Å²) in [7, 11) is 0. The van der Waals surface area contributed by atoms with Gasteiger partial charge in [0.2, 0.25) is 5.91 Å². The number of para-hydroxylation sites is 2. The van der Waals surface area contributed by atoms with Gasteiger partial charge in [0.15, 0.2) is 0 Å². The summed E-state index contributed by atoms with van der Waals surface area (Å²) in [5, 5.41) is 10.1. The molecule has 2 aliphatic heterocycles. The minimum Gasteiger partial charge on any atom is -0.506 e. The van der Waals surface area contributed by atoms with Gasteiger partial charge in [-0.15, -0.1) is 0 Å². The highest BCUT2D eigenvalue weighted by Gasteiger charge is 2.31. The Bertz CT molecular complexity index is 860. The van der Waals surface area contributed by atoms with Gasteiger partial charge in [0.1, 0.15) is 11.6 Å². The van der Waals surface area contributed by atoms with Crippen LogP contribution in [-0.2, 0) is 4.79 Å². The number of amides is 1. The molecule has 6 nitrogen and oxygen atoms in total. The summed E-state index contributed by atoms with van der Waals surface area (Å²) in [6, 6.07) is 13.8. The lowest BCUT2D eigenvalue weighted by atomic mass is 10.1. The number of nitrogens with zero attached hydrogens (tertiary/aromatic N) is 4. The van der Waals surface area contributed by atoms with Crippen molar-refractivity contribution < 1.29 is 14.3 Å². The minimum absolute atomic E-state index is 0.156. The monoisotopic (exact) mass is 412 g/mol. The van der Waals surface area contributed by atoms with Crippen LogP contribution in [-0.4, -0.2) is 79.2 Å². The third kappa shape index (κ3) is 4.36. The van der Waals surface area contributed by atoms with E-state index in [4.69, 9.17) is 0 Å². The van der Waals surface area contributed by atoms with E-state index < -0.39 is 0 Å². The second kappa shape index (κ2) is 8.92. The van der Waals surface area contributed by atoms with Crippen LogP contribution in [0.15, 0.2) is 48.5 Å². The molecule has 0 aliphatic carbocycles. The van der Waals surface area contributed by atoms with E-state index in [1.165, 1.54) is 12.1 Å². The lowest BCUT2D eigenvalue weighted by Crippen LogP contribution is -2.57. The summed E-state index contributed by atoms with van der Waals surface area (Å²) in [5.74, 6) is 0.228. The Balaban J connectivity index is 1.28. The molecule has 1 amide bonds. The van der Waals surface area contributed by atoms with Crippen molar-refractivity contribution in [2.75, 3.05) is 62.2 Å². The number of phenols is 1. The Morgan fingerprint density at radius 1 is 0.867 bits per heavy atom. The van der Waals surface area contributed by atoms with Gasteiger partial charge in [-0.2, -0.15) is 0 Å². The zero-order valence-electron chi connectivity index (χ0n) is 17.4. The Morgan fingerprint density at radius 3 is 2.10 bits per heavy atom. The van der Waals surface area contributed by atoms with Crippen molar-refractivity contribution in [1.29, 1.82) is 0 Å². The summed E-state index contributed by atoms with van der Waals surface area (Å²) >= 11 is 0. The zero-order chi connectivity index (χ0) is 21.1. The second-order valence-corrected chi connectivity index (χ2v) is 7.98. The fourth-order valence-corrected chi connectivity index (χ4v) is 4.34. The standard InChI is InChI=1S/C23H29FN4O2/c1-18(25-10-12-26(13-11-25)20-8-6-19(24)7-9-20)23(30)28-16-14-27(15-17-28)21-4-2-3-5-22(21)29/h2-9,18,29H,10-17H2,1H3. The number of benzene rings is 2. The normalized spacial score (nSPS) is 19.1. The Morgan fingerprint density at radius 2 is 1.47 bits per heavy atom. The van der Waals surface area contributed by atoms with Gasteiger partial charge in [0.05, 0.1) is 11.7 Å². The maximum Gasteiger partial charge on any atom is 0.239 e. The first kappa shape index (κ1) is 20.5. The molecule has 2 aromatic rings. The van der Waals surface area contributed by atoms with E-state index in [0.717, 1.165) is 37.6 Å². The quantitative estimate of drug-likeness (QED) is 0.836. The molecular formula is C23H29FN4O2. The van der Waals surface area contributed by atoms with Crippen LogP contribution in [0, 0.1) is 5.82 Å². The van der Waals surface area contributed by atoms with E-state index in [1.807, 2.05) is 42.2 Å². The molecule has 0 aromatic heterocycles. The lowest BCUT2D eigenvalue weighted by molar-refractivity contribution is -0.136. The van der Waals surface area contributed by atoms with E-state index >= 15 is 0 Å². The first-order valence-corrected chi connectivity index (χ1v) is 10.6. The largest absolute Gasteiger partial charge is 0.506 e. The van der Waals surface area contributed by atoms with E-state index in [-0.39, 0.29) is 23.5 Å². The Hall–Kier alpha value is -2.80. The van der Waals surface area contributed by atoms with Gasteiger partial charge in [-0.05, 0) is 43.3 Å². The summed E-state index contributed by atoms with van der Waals surface area (Å²) in [6.07, 6.45) is 0. The molecule has 0 radical (unpaired) electrons. The van der Waals surface area contributed by atoms with Crippen LogP contribution in [0.1, 0.15) is 6.92 Å². The first-order valence-electron chi connectivity index (χ1n) is 10.6. The smallest absolute Gasteiger partial charge is 0.239 e. The van der Waals surface area contributed by atoms with Crippen LogP contribution in [0.4, 0.5) is 15.8 Å². The molecule has 1 N–H and O–H groups in total. The molecular weight excluding hydrogens is 383 g/mol. The fourth-order valence-electron chi connectivity index (χ4n) is 4.34. The highest BCUT2D eigenvalue weighted by Crippen LogP contribution is 2.27. The number of rotatable bonds is 4. The predicted octanol–water partition coefficient (Wildman–Crippen LogP) is 2.39. The molecule has 7 heteroatoms. The molecule has 30 heavy (non-hydrogen) atoms. The van der Waals surface area contributed by atoms with Gasteiger partial charge in [-0.3, -0.25) is 9.69 Å². The van der Waals surface area contributed by atoms with Crippen molar-refractivity contribution in [1.82, 2.24) is 9.80 Å². The van der Waals surface area contributed by atoms with Gasteiger partial charge in [0.25, 0.3) is 0 Å². The van der Waals surface area contributed by atoms with Gasteiger partial charge in [-0.1, -0.05) is 12.1 Å². The van der Waals surface area contributed by atoms with Gasteiger partial charge < -0.3 is 19.8 Å². The number of anilines is 2. The van der Waals surface area contributed by atoms with Crippen LogP contribution < -0.4 is 9.80 Å². The predicted molar refractivity (Wildman–Crippen MR) is 117 cm³/mol. The Labute approximate surface area is 177 Å². The molecule has 1 atom stereocenters. The van der Waals surface area contributed by atoms with Gasteiger partial charge in [-0.25, -0.2) is 4.39 Å². The van der Waals surface area contributed by atoms with E-state index in [0.29, 0.717) is 26.2 Å². The number of hydrogen-bond donors (Lipinski definition) is 1. The number of aromatic hydroxyl groups is 1. The molecule has 2 saturated heterocycles.